The number of carbonyl (C=O) groups is 2. The molecule has 9 heteroatoms. The van der Waals surface area contributed by atoms with Crippen LogP contribution in [0.3, 0.4) is 0 Å². The Morgan fingerprint density at radius 1 is 1.00 bits per heavy atom. The largest absolute Gasteiger partial charge is 0.481 e. The van der Waals surface area contributed by atoms with Crippen molar-refractivity contribution in [3.05, 3.63) is 65.0 Å². The lowest BCUT2D eigenvalue weighted by molar-refractivity contribution is -0.160. The van der Waals surface area contributed by atoms with E-state index in [9.17, 15) is 27.9 Å². The van der Waals surface area contributed by atoms with Crippen LogP contribution in [0.25, 0.3) is 11.0 Å². The van der Waals surface area contributed by atoms with Crippen LogP contribution in [-0.2, 0) is 35.3 Å². The van der Waals surface area contributed by atoms with Gasteiger partial charge in [-0.3, -0.25) is 9.59 Å². The smallest absolute Gasteiger partial charge is 0.416 e. The number of rotatable bonds is 5. The number of pyridine rings is 1. The molecule has 4 aliphatic rings. The maximum absolute atomic E-state index is 13.6. The van der Waals surface area contributed by atoms with Crippen LogP contribution in [0.1, 0.15) is 67.3 Å². The van der Waals surface area contributed by atoms with E-state index in [2.05, 4.69) is 4.98 Å². The van der Waals surface area contributed by atoms with Gasteiger partial charge in [0.15, 0.2) is 0 Å². The molecule has 3 aromatic rings. The molecule has 7 rings (SSSR count). The van der Waals surface area contributed by atoms with Crippen LogP contribution in [0.5, 0.6) is 0 Å². The summed E-state index contributed by atoms with van der Waals surface area (Å²) < 4.78 is 41.2. The number of hydrogen-bond donors (Lipinski definition) is 1. The quantitative estimate of drug-likeness (QED) is 0.457. The van der Waals surface area contributed by atoms with E-state index in [0.29, 0.717) is 51.7 Å². The number of fused-ring (bicyclic) bond motifs is 6. The van der Waals surface area contributed by atoms with Crippen LogP contribution in [0.2, 0.25) is 0 Å². The Kier molecular flexibility index (Phi) is 5.81. The molecule has 1 aromatic carbocycles. The minimum atomic E-state index is -4.38. The average molecular weight is 526 g/mol. The highest BCUT2D eigenvalue weighted by molar-refractivity contribution is 5.84. The van der Waals surface area contributed by atoms with Crippen LogP contribution >= 0.6 is 0 Å². The molecule has 1 amide bonds. The van der Waals surface area contributed by atoms with E-state index in [1.807, 2.05) is 21.6 Å². The molecular formula is C29H30F3N3O3. The van der Waals surface area contributed by atoms with Gasteiger partial charge in [0.2, 0.25) is 5.91 Å². The second-order valence-electron chi connectivity index (χ2n) is 11.4. The lowest BCUT2D eigenvalue weighted by Crippen LogP contribution is -2.48. The zero-order valence-corrected chi connectivity index (χ0v) is 21.1. The molecular weight excluding hydrogens is 495 g/mol. The summed E-state index contributed by atoms with van der Waals surface area (Å²) in [6, 6.07) is 9.09. The lowest BCUT2D eigenvalue weighted by Gasteiger charge is -2.51. The minimum absolute atomic E-state index is 0.0969. The van der Waals surface area contributed by atoms with Gasteiger partial charge in [0.25, 0.3) is 0 Å². The van der Waals surface area contributed by atoms with Crippen molar-refractivity contribution in [2.24, 2.45) is 10.8 Å². The predicted molar refractivity (Wildman–Crippen MR) is 134 cm³/mol. The Balaban J connectivity index is 1.24. The number of benzene rings is 1. The van der Waals surface area contributed by atoms with Gasteiger partial charge in [0.1, 0.15) is 5.65 Å². The van der Waals surface area contributed by atoms with Crippen molar-refractivity contribution in [1.29, 1.82) is 0 Å². The number of aliphatic carboxylic acids is 1. The third-order valence-electron chi connectivity index (χ3n) is 9.37. The van der Waals surface area contributed by atoms with Gasteiger partial charge in [-0.15, -0.1) is 0 Å². The summed E-state index contributed by atoms with van der Waals surface area (Å²) in [6.45, 7) is 1.40. The molecule has 0 spiro atoms. The van der Waals surface area contributed by atoms with Gasteiger partial charge in [-0.2, -0.15) is 13.2 Å². The second kappa shape index (κ2) is 8.85. The third kappa shape index (κ3) is 4.16. The Morgan fingerprint density at radius 3 is 2.32 bits per heavy atom. The highest BCUT2D eigenvalue weighted by Crippen LogP contribution is 2.58. The van der Waals surface area contributed by atoms with Gasteiger partial charge in [-0.1, -0.05) is 12.1 Å². The molecule has 0 unspecified atom stereocenters. The van der Waals surface area contributed by atoms with E-state index in [4.69, 9.17) is 0 Å². The first-order chi connectivity index (χ1) is 18.1. The van der Waals surface area contributed by atoms with Crippen LogP contribution in [0.15, 0.2) is 42.6 Å². The molecule has 3 fully saturated rings. The molecule has 2 aromatic heterocycles. The average Bonchev–Trinajstić information content (AvgIpc) is 3.22. The summed E-state index contributed by atoms with van der Waals surface area (Å²) >= 11 is 0. The first-order valence-corrected chi connectivity index (χ1v) is 13.2. The van der Waals surface area contributed by atoms with Gasteiger partial charge in [0, 0.05) is 36.8 Å². The standard InChI is InChI=1S/C29H30F3N3O3/c30-29(31,32)20-5-3-19(4-6-20)17-35-23-18-34(15-7-21(23)22-2-1-14-33-25(22)35)24(36)16-27-8-11-28(12-9-27,13-10-27)26(37)38/h1-6,14H,7-13,15-18H2,(H,37,38). The van der Waals surface area contributed by atoms with Crippen molar-refractivity contribution in [3.8, 4) is 0 Å². The Bertz CT molecular complexity index is 1390. The fourth-order valence-electron chi connectivity index (χ4n) is 6.91. The second-order valence-corrected chi connectivity index (χ2v) is 11.4. The van der Waals surface area contributed by atoms with Crippen molar-refractivity contribution < 1.29 is 27.9 Å². The molecule has 38 heavy (non-hydrogen) atoms. The Labute approximate surface area is 218 Å². The van der Waals surface area contributed by atoms with E-state index >= 15 is 0 Å². The molecule has 2 bridgehead atoms. The zero-order valence-electron chi connectivity index (χ0n) is 21.1. The fraction of sp³-hybridized carbons (Fsp3) is 0.483. The molecule has 0 radical (unpaired) electrons. The summed E-state index contributed by atoms with van der Waals surface area (Å²) in [4.78, 5) is 31.8. The molecule has 1 N–H and O–H groups in total. The van der Waals surface area contributed by atoms with E-state index in [0.717, 1.165) is 59.2 Å². The van der Waals surface area contributed by atoms with Crippen LogP contribution in [0.4, 0.5) is 13.2 Å². The van der Waals surface area contributed by atoms with E-state index in [1.54, 1.807) is 6.20 Å². The summed E-state index contributed by atoms with van der Waals surface area (Å²) in [6.07, 6.45) is 2.74. The highest BCUT2D eigenvalue weighted by Gasteiger charge is 2.53. The number of alkyl halides is 3. The number of amides is 1. The number of nitrogens with zero attached hydrogens (tertiary/aromatic N) is 3. The SMILES string of the molecule is O=C(CC12CCC(C(=O)O)(CC1)CC2)N1CCc2c(n(Cc3ccc(C(F)(F)F)cc3)c3ncccc23)C1. The van der Waals surface area contributed by atoms with E-state index in [-0.39, 0.29) is 11.3 Å². The minimum Gasteiger partial charge on any atom is -0.481 e. The van der Waals surface area contributed by atoms with Crippen molar-refractivity contribution >= 4 is 22.9 Å². The van der Waals surface area contributed by atoms with Crippen molar-refractivity contribution in [1.82, 2.24) is 14.5 Å². The van der Waals surface area contributed by atoms with Crippen LogP contribution in [0, 0.1) is 10.8 Å². The van der Waals surface area contributed by atoms with Gasteiger partial charge in [0.05, 0.1) is 17.5 Å². The van der Waals surface area contributed by atoms with Crippen LogP contribution in [-0.4, -0.2) is 38.0 Å². The first kappa shape index (κ1) is 24.9. The number of carboxylic acids is 1. The summed E-state index contributed by atoms with van der Waals surface area (Å²) in [5, 5.41) is 10.7. The number of carbonyl (C=O) groups excluding carboxylic acids is 1. The Hall–Kier alpha value is -3.36. The molecule has 3 aliphatic carbocycles. The number of hydrogen-bond acceptors (Lipinski definition) is 3. The zero-order chi connectivity index (χ0) is 26.7. The van der Waals surface area contributed by atoms with Gasteiger partial charge in [-0.25, -0.2) is 4.98 Å². The molecule has 0 atom stereocenters. The van der Waals surface area contributed by atoms with Crippen molar-refractivity contribution in [2.75, 3.05) is 6.54 Å². The maximum Gasteiger partial charge on any atom is 0.416 e. The van der Waals surface area contributed by atoms with Crippen LogP contribution < -0.4 is 0 Å². The third-order valence-corrected chi connectivity index (χ3v) is 9.37. The fourth-order valence-corrected chi connectivity index (χ4v) is 6.91. The predicted octanol–water partition coefficient (Wildman–Crippen LogP) is 5.80. The Morgan fingerprint density at radius 2 is 1.68 bits per heavy atom. The van der Waals surface area contributed by atoms with Gasteiger partial charge < -0.3 is 14.6 Å². The lowest BCUT2D eigenvalue weighted by atomic mass is 9.53. The normalized spacial score (nSPS) is 25.0. The summed E-state index contributed by atoms with van der Waals surface area (Å²) in [7, 11) is 0. The molecule has 3 saturated carbocycles. The summed E-state index contributed by atoms with van der Waals surface area (Å²) in [5.74, 6) is -0.602. The first-order valence-electron chi connectivity index (χ1n) is 13.2. The maximum atomic E-state index is 13.6. The van der Waals surface area contributed by atoms with Crippen molar-refractivity contribution in [3.63, 3.8) is 0 Å². The molecule has 200 valence electrons. The number of halogens is 3. The number of carboxylic acid groups (broad SMARTS) is 1. The van der Waals surface area contributed by atoms with E-state index in [1.165, 1.54) is 12.1 Å². The molecule has 6 nitrogen and oxygen atoms in total. The van der Waals surface area contributed by atoms with E-state index < -0.39 is 23.1 Å². The van der Waals surface area contributed by atoms with Crippen molar-refractivity contribution in [2.45, 2.75) is 70.6 Å². The molecule has 1 aliphatic heterocycles. The van der Waals surface area contributed by atoms with Gasteiger partial charge >= 0.3 is 12.1 Å². The molecule has 3 heterocycles. The highest BCUT2D eigenvalue weighted by atomic mass is 19.4. The topological polar surface area (TPSA) is 75.4 Å². The number of aromatic nitrogens is 2. The summed E-state index contributed by atoms with van der Waals surface area (Å²) in [5.41, 5.74) is 2.24. The monoisotopic (exact) mass is 525 g/mol. The van der Waals surface area contributed by atoms with Gasteiger partial charge in [-0.05, 0) is 85.8 Å². The molecule has 0 saturated heterocycles.